The van der Waals surface area contributed by atoms with Crippen molar-refractivity contribution in [3.8, 4) is 0 Å². The highest BCUT2D eigenvalue weighted by molar-refractivity contribution is 7.89. The Balaban J connectivity index is 1.82. The third-order valence-electron chi connectivity index (χ3n) is 4.90. The van der Waals surface area contributed by atoms with E-state index in [0.717, 1.165) is 35.5 Å². The molecule has 1 aromatic heterocycles. The van der Waals surface area contributed by atoms with Crippen molar-refractivity contribution in [2.45, 2.75) is 50.1 Å². The van der Waals surface area contributed by atoms with Crippen molar-refractivity contribution in [1.82, 2.24) is 14.3 Å². The lowest BCUT2D eigenvalue weighted by atomic mass is 10.0. The molecule has 2 aliphatic heterocycles. The Morgan fingerprint density at radius 1 is 1.17 bits per heavy atom. The van der Waals surface area contributed by atoms with E-state index in [0.29, 0.717) is 11.3 Å². The molecule has 0 aliphatic carbocycles. The van der Waals surface area contributed by atoms with Crippen LogP contribution in [0, 0.1) is 13.8 Å². The van der Waals surface area contributed by atoms with E-state index < -0.39 is 10.0 Å². The lowest BCUT2D eigenvalue weighted by Gasteiger charge is -2.34. The number of nitrogens with zero attached hydrogens (tertiary/aromatic N) is 3. The number of hydrogen-bond acceptors (Lipinski definition) is 4. The van der Waals surface area contributed by atoms with Crippen molar-refractivity contribution in [3.63, 3.8) is 0 Å². The summed E-state index contributed by atoms with van der Waals surface area (Å²) in [5.41, 5.74) is 2.78. The minimum atomic E-state index is -3.50. The number of fused-ring (bicyclic) bond motifs is 4. The van der Waals surface area contributed by atoms with Crippen molar-refractivity contribution in [2.24, 2.45) is 0 Å². The minimum absolute atomic E-state index is 0.00593. The molecule has 3 heterocycles. The molecule has 2 aliphatic rings. The maximum absolute atomic E-state index is 13.2. The van der Waals surface area contributed by atoms with Crippen LogP contribution in [-0.2, 0) is 16.4 Å². The van der Waals surface area contributed by atoms with E-state index in [4.69, 9.17) is 0 Å². The fraction of sp³-hybridized carbons (Fsp3) is 0.412. The van der Waals surface area contributed by atoms with E-state index >= 15 is 0 Å². The quantitative estimate of drug-likeness (QED) is 0.849. The molecule has 6 heteroatoms. The van der Waals surface area contributed by atoms with Gasteiger partial charge in [-0.2, -0.15) is 4.31 Å². The SMILES string of the molecule is Cc1ncc2c(n1)CC1CCC2N1S(=O)(=O)c1ccccc1C. The molecule has 4 rings (SSSR count). The Morgan fingerprint density at radius 3 is 2.74 bits per heavy atom. The molecule has 0 amide bonds. The van der Waals surface area contributed by atoms with Crippen LogP contribution in [0.25, 0.3) is 0 Å². The van der Waals surface area contributed by atoms with E-state index in [9.17, 15) is 8.42 Å². The van der Waals surface area contributed by atoms with Crippen LogP contribution in [0.5, 0.6) is 0 Å². The first-order valence-electron chi connectivity index (χ1n) is 7.90. The molecule has 23 heavy (non-hydrogen) atoms. The van der Waals surface area contributed by atoms with E-state index in [1.54, 1.807) is 16.4 Å². The van der Waals surface area contributed by atoms with Crippen LogP contribution in [-0.4, -0.2) is 28.7 Å². The second-order valence-corrected chi connectivity index (χ2v) is 8.18. The van der Waals surface area contributed by atoms with Gasteiger partial charge in [0.2, 0.25) is 10.0 Å². The Labute approximate surface area is 136 Å². The molecule has 120 valence electrons. The van der Waals surface area contributed by atoms with Crippen LogP contribution < -0.4 is 0 Å². The van der Waals surface area contributed by atoms with Crippen molar-refractivity contribution in [1.29, 1.82) is 0 Å². The molecule has 1 fully saturated rings. The third-order valence-corrected chi connectivity index (χ3v) is 7.02. The topological polar surface area (TPSA) is 63.2 Å². The van der Waals surface area contributed by atoms with Gasteiger partial charge in [0.05, 0.1) is 16.6 Å². The number of hydrogen-bond donors (Lipinski definition) is 0. The molecule has 0 spiro atoms. The summed E-state index contributed by atoms with van der Waals surface area (Å²) in [6.07, 6.45) is 4.21. The van der Waals surface area contributed by atoms with Gasteiger partial charge in [-0.1, -0.05) is 18.2 Å². The van der Waals surface area contributed by atoms with Gasteiger partial charge >= 0.3 is 0 Å². The van der Waals surface area contributed by atoms with Gasteiger partial charge in [-0.25, -0.2) is 18.4 Å². The van der Waals surface area contributed by atoms with Crippen LogP contribution in [0.15, 0.2) is 35.4 Å². The van der Waals surface area contributed by atoms with Gasteiger partial charge in [0, 0.05) is 24.2 Å². The zero-order valence-corrected chi connectivity index (χ0v) is 14.0. The van der Waals surface area contributed by atoms with Crippen molar-refractivity contribution in [3.05, 3.63) is 53.1 Å². The Bertz CT molecular complexity index is 879. The summed E-state index contributed by atoms with van der Waals surface area (Å²) in [6.45, 7) is 3.72. The maximum atomic E-state index is 13.2. The summed E-state index contributed by atoms with van der Waals surface area (Å²) in [7, 11) is -3.50. The summed E-state index contributed by atoms with van der Waals surface area (Å²) < 4.78 is 28.2. The van der Waals surface area contributed by atoms with E-state index in [1.807, 2.05) is 32.2 Å². The molecule has 2 atom stereocenters. The normalized spacial score (nSPS) is 23.7. The van der Waals surface area contributed by atoms with Crippen molar-refractivity contribution >= 4 is 10.0 Å². The zero-order valence-electron chi connectivity index (χ0n) is 13.2. The molecular formula is C17H19N3O2S. The molecule has 0 radical (unpaired) electrons. The maximum Gasteiger partial charge on any atom is 0.244 e. The first-order chi connectivity index (χ1) is 11.0. The highest BCUT2D eigenvalue weighted by Gasteiger charge is 2.47. The van der Waals surface area contributed by atoms with Crippen LogP contribution in [0.2, 0.25) is 0 Å². The fourth-order valence-corrected chi connectivity index (χ4v) is 5.94. The minimum Gasteiger partial charge on any atom is -0.241 e. The lowest BCUT2D eigenvalue weighted by Crippen LogP contribution is -2.42. The molecule has 2 unspecified atom stereocenters. The highest BCUT2D eigenvalue weighted by Crippen LogP contribution is 2.46. The van der Waals surface area contributed by atoms with Crippen LogP contribution in [0.3, 0.4) is 0 Å². The Kier molecular flexibility index (Phi) is 3.28. The first-order valence-corrected chi connectivity index (χ1v) is 9.34. The predicted molar refractivity (Wildman–Crippen MR) is 86.4 cm³/mol. The molecule has 1 aromatic carbocycles. The second kappa shape index (κ2) is 5.11. The average Bonchev–Trinajstić information content (AvgIpc) is 2.84. The van der Waals surface area contributed by atoms with Gasteiger partial charge in [0.15, 0.2) is 0 Å². The van der Waals surface area contributed by atoms with Gasteiger partial charge in [-0.05, 0) is 38.3 Å². The smallest absolute Gasteiger partial charge is 0.241 e. The van der Waals surface area contributed by atoms with Gasteiger partial charge in [0.25, 0.3) is 0 Å². The molecule has 0 saturated carbocycles. The van der Waals surface area contributed by atoms with Crippen LogP contribution in [0.1, 0.15) is 41.5 Å². The van der Waals surface area contributed by atoms with Gasteiger partial charge < -0.3 is 0 Å². The first kappa shape index (κ1) is 14.8. The number of sulfonamides is 1. The number of rotatable bonds is 2. The third kappa shape index (κ3) is 2.20. The standard InChI is InChI=1S/C17H19N3O2S/c1-11-5-3-4-6-17(11)23(21,22)20-13-7-8-16(20)14-10-18-12(2)19-15(14)9-13/h3-6,10,13,16H,7-9H2,1-2H3. The lowest BCUT2D eigenvalue weighted by molar-refractivity contribution is 0.299. The Hall–Kier alpha value is -1.79. The molecule has 5 nitrogen and oxygen atoms in total. The van der Waals surface area contributed by atoms with E-state index in [-0.39, 0.29) is 12.1 Å². The summed E-state index contributed by atoms with van der Waals surface area (Å²) in [5.74, 6) is 0.748. The summed E-state index contributed by atoms with van der Waals surface area (Å²) in [4.78, 5) is 9.22. The summed E-state index contributed by atoms with van der Waals surface area (Å²) in [6, 6.07) is 7.07. The molecular weight excluding hydrogens is 310 g/mol. The zero-order chi connectivity index (χ0) is 16.2. The summed E-state index contributed by atoms with van der Waals surface area (Å²) >= 11 is 0. The van der Waals surface area contributed by atoms with Crippen LogP contribution in [0.4, 0.5) is 0 Å². The van der Waals surface area contributed by atoms with Gasteiger partial charge in [-0.15, -0.1) is 0 Å². The number of aryl methyl sites for hydroxylation is 2. The van der Waals surface area contributed by atoms with Gasteiger partial charge in [0.1, 0.15) is 5.82 Å². The van der Waals surface area contributed by atoms with E-state index in [1.165, 1.54) is 0 Å². The fourth-order valence-electron chi connectivity index (χ4n) is 3.86. The van der Waals surface area contributed by atoms with Crippen molar-refractivity contribution < 1.29 is 8.42 Å². The second-order valence-electron chi connectivity index (χ2n) is 6.37. The molecule has 0 N–H and O–H groups in total. The average molecular weight is 329 g/mol. The summed E-state index contributed by atoms with van der Waals surface area (Å²) in [5, 5.41) is 0. The Morgan fingerprint density at radius 2 is 1.96 bits per heavy atom. The largest absolute Gasteiger partial charge is 0.244 e. The molecule has 2 aromatic rings. The van der Waals surface area contributed by atoms with E-state index in [2.05, 4.69) is 9.97 Å². The van der Waals surface area contributed by atoms with Crippen LogP contribution >= 0.6 is 0 Å². The van der Waals surface area contributed by atoms with Gasteiger partial charge in [-0.3, -0.25) is 0 Å². The monoisotopic (exact) mass is 329 g/mol. The number of benzene rings is 1. The highest BCUT2D eigenvalue weighted by atomic mass is 32.2. The predicted octanol–water partition coefficient (Wildman–Crippen LogP) is 2.54. The molecule has 2 bridgehead atoms. The van der Waals surface area contributed by atoms with Crippen molar-refractivity contribution in [2.75, 3.05) is 0 Å². The number of aromatic nitrogens is 2. The molecule has 1 saturated heterocycles.